The molecule has 0 saturated heterocycles. The van der Waals surface area contributed by atoms with Crippen LogP contribution in [0.3, 0.4) is 0 Å². The third-order valence-corrected chi connectivity index (χ3v) is 7.17. The molecule has 0 aromatic heterocycles. The van der Waals surface area contributed by atoms with E-state index < -0.39 is 0 Å². The van der Waals surface area contributed by atoms with Gasteiger partial charge in [-0.1, -0.05) is 57.9 Å². The summed E-state index contributed by atoms with van der Waals surface area (Å²) in [5.74, 6) is 1.38. The van der Waals surface area contributed by atoms with Gasteiger partial charge in [-0.2, -0.15) is 0 Å². The highest BCUT2D eigenvalue weighted by atomic mass is 16.3. The molecule has 5 atom stereocenters. The number of hydrogen-bond acceptors (Lipinski definition) is 1. The predicted molar refractivity (Wildman–Crippen MR) is 95.8 cm³/mol. The van der Waals surface area contributed by atoms with Crippen molar-refractivity contribution < 1.29 is 5.11 Å². The molecule has 3 aliphatic carbocycles. The van der Waals surface area contributed by atoms with Crippen LogP contribution in [-0.4, -0.2) is 11.2 Å². The minimum absolute atomic E-state index is 0.0699. The van der Waals surface area contributed by atoms with Gasteiger partial charge in [0, 0.05) is 5.41 Å². The Balaban J connectivity index is 0.000000847. The van der Waals surface area contributed by atoms with Crippen LogP contribution in [-0.2, 0) is 0 Å². The van der Waals surface area contributed by atoms with Gasteiger partial charge in [0.2, 0.25) is 0 Å². The lowest BCUT2D eigenvalue weighted by atomic mass is 9.52. The lowest BCUT2D eigenvalue weighted by molar-refractivity contribution is 0.00240. The summed E-state index contributed by atoms with van der Waals surface area (Å²) in [6, 6.07) is 0. The van der Waals surface area contributed by atoms with Crippen LogP contribution in [0.4, 0.5) is 0 Å². The van der Waals surface area contributed by atoms with Crippen LogP contribution < -0.4 is 0 Å². The first-order valence-electron chi connectivity index (χ1n) is 9.48. The summed E-state index contributed by atoms with van der Waals surface area (Å²) in [6.07, 6.45) is 12.3. The highest BCUT2D eigenvalue weighted by Crippen LogP contribution is 2.58. The van der Waals surface area contributed by atoms with Gasteiger partial charge in [-0.3, -0.25) is 0 Å². The van der Waals surface area contributed by atoms with E-state index in [0.717, 1.165) is 12.3 Å². The fraction of sp³-hybridized carbons (Fsp3) is 0.810. The van der Waals surface area contributed by atoms with E-state index in [2.05, 4.69) is 32.9 Å². The second-order valence-electron chi connectivity index (χ2n) is 7.91. The van der Waals surface area contributed by atoms with Crippen LogP contribution >= 0.6 is 0 Å². The smallest absolute Gasteiger partial charge is 0.0571 e. The van der Waals surface area contributed by atoms with Crippen LogP contribution in [0, 0.1) is 22.7 Å². The SMILES string of the molecule is CC.CC(O)C1(C)CCC2=C(CCC3CCC=CC23C)C1C. The fourth-order valence-corrected chi connectivity index (χ4v) is 5.17. The second-order valence-corrected chi connectivity index (χ2v) is 7.91. The Labute approximate surface area is 137 Å². The molecule has 0 aromatic carbocycles. The van der Waals surface area contributed by atoms with Gasteiger partial charge in [0.15, 0.2) is 0 Å². The van der Waals surface area contributed by atoms with E-state index in [9.17, 15) is 5.11 Å². The molecular weight excluding hydrogens is 268 g/mol. The topological polar surface area (TPSA) is 20.2 Å². The van der Waals surface area contributed by atoms with Crippen molar-refractivity contribution >= 4 is 0 Å². The van der Waals surface area contributed by atoms with Crippen LogP contribution in [0.25, 0.3) is 0 Å². The Morgan fingerprint density at radius 1 is 1.18 bits per heavy atom. The summed E-state index contributed by atoms with van der Waals surface area (Å²) >= 11 is 0. The summed E-state index contributed by atoms with van der Waals surface area (Å²) in [5.41, 5.74) is 3.81. The van der Waals surface area contributed by atoms with Gasteiger partial charge in [0.25, 0.3) is 0 Å². The number of hydrogen-bond donors (Lipinski definition) is 1. The van der Waals surface area contributed by atoms with Crippen molar-refractivity contribution in [2.75, 3.05) is 0 Å². The molecule has 5 unspecified atom stereocenters. The second kappa shape index (κ2) is 6.51. The molecule has 0 radical (unpaired) electrons. The number of fused-ring (bicyclic) bond motifs is 2. The van der Waals surface area contributed by atoms with Crippen LogP contribution in [0.15, 0.2) is 23.3 Å². The molecule has 22 heavy (non-hydrogen) atoms. The van der Waals surface area contributed by atoms with Crippen LogP contribution in [0.2, 0.25) is 0 Å². The molecule has 0 saturated carbocycles. The summed E-state index contributed by atoms with van der Waals surface area (Å²) in [7, 11) is 0. The van der Waals surface area contributed by atoms with Crippen molar-refractivity contribution in [3.63, 3.8) is 0 Å². The number of aliphatic hydroxyl groups is 1. The molecule has 0 bridgehead atoms. The van der Waals surface area contributed by atoms with Gasteiger partial charge in [0.1, 0.15) is 0 Å². The van der Waals surface area contributed by atoms with E-state index in [1.807, 2.05) is 20.8 Å². The average molecular weight is 305 g/mol. The van der Waals surface area contributed by atoms with Gasteiger partial charge in [-0.15, -0.1) is 0 Å². The zero-order valence-corrected chi connectivity index (χ0v) is 15.6. The Bertz CT molecular complexity index is 459. The molecule has 3 rings (SSSR count). The summed E-state index contributed by atoms with van der Waals surface area (Å²) < 4.78 is 0. The quantitative estimate of drug-likeness (QED) is 0.599. The van der Waals surface area contributed by atoms with Crippen molar-refractivity contribution in [3.8, 4) is 0 Å². The monoisotopic (exact) mass is 304 g/mol. The van der Waals surface area contributed by atoms with E-state index >= 15 is 0 Å². The van der Waals surface area contributed by atoms with E-state index in [0.29, 0.717) is 11.3 Å². The molecule has 1 nitrogen and oxygen atoms in total. The van der Waals surface area contributed by atoms with Gasteiger partial charge in [-0.25, -0.2) is 0 Å². The van der Waals surface area contributed by atoms with E-state index in [1.54, 1.807) is 11.1 Å². The first kappa shape index (κ1) is 17.8. The minimum atomic E-state index is -0.209. The molecule has 1 heteroatoms. The molecule has 0 spiro atoms. The van der Waals surface area contributed by atoms with E-state index in [1.165, 1.54) is 32.1 Å². The Kier molecular flexibility index (Phi) is 5.27. The van der Waals surface area contributed by atoms with Crippen molar-refractivity contribution in [2.45, 2.75) is 86.2 Å². The molecule has 0 amide bonds. The Hall–Kier alpha value is -0.560. The van der Waals surface area contributed by atoms with Gasteiger partial charge < -0.3 is 5.11 Å². The Morgan fingerprint density at radius 3 is 2.50 bits per heavy atom. The molecule has 0 aliphatic heterocycles. The van der Waals surface area contributed by atoms with Crippen molar-refractivity contribution in [3.05, 3.63) is 23.3 Å². The summed E-state index contributed by atoms with van der Waals surface area (Å²) in [4.78, 5) is 0. The molecule has 0 fully saturated rings. The van der Waals surface area contributed by atoms with Crippen LogP contribution in [0.5, 0.6) is 0 Å². The molecule has 126 valence electrons. The van der Waals surface area contributed by atoms with E-state index in [4.69, 9.17) is 0 Å². The normalized spacial score (nSPS) is 42.0. The number of aliphatic hydroxyl groups excluding tert-OH is 1. The van der Waals surface area contributed by atoms with Gasteiger partial charge in [-0.05, 0) is 62.7 Å². The zero-order chi connectivity index (χ0) is 16.5. The van der Waals surface area contributed by atoms with Crippen molar-refractivity contribution in [1.82, 2.24) is 0 Å². The molecule has 0 aromatic rings. The standard InChI is InChI=1S/C19H30O.C2H6/c1-13-16-9-8-15-7-5-6-11-19(15,4)17(16)10-12-18(13,3)14(2)20;1-2/h6,11,13-15,20H,5,7-10,12H2,1-4H3;1-2H3. The van der Waals surface area contributed by atoms with Gasteiger partial charge >= 0.3 is 0 Å². The summed E-state index contributed by atoms with van der Waals surface area (Å²) in [5, 5.41) is 10.3. The van der Waals surface area contributed by atoms with Crippen molar-refractivity contribution in [1.29, 1.82) is 0 Å². The maximum absolute atomic E-state index is 10.3. The van der Waals surface area contributed by atoms with Crippen LogP contribution in [0.1, 0.15) is 80.1 Å². The Morgan fingerprint density at radius 2 is 1.86 bits per heavy atom. The zero-order valence-electron chi connectivity index (χ0n) is 15.6. The first-order chi connectivity index (χ1) is 10.4. The lowest BCUT2D eigenvalue weighted by Gasteiger charge is -2.53. The lowest BCUT2D eigenvalue weighted by Crippen LogP contribution is -2.45. The van der Waals surface area contributed by atoms with Crippen molar-refractivity contribution in [2.24, 2.45) is 22.7 Å². The number of allylic oxidation sites excluding steroid dienone is 4. The first-order valence-corrected chi connectivity index (χ1v) is 9.48. The third kappa shape index (κ3) is 2.60. The molecule has 0 heterocycles. The predicted octanol–water partition coefficient (Wildman–Crippen LogP) is 5.89. The largest absolute Gasteiger partial charge is 0.393 e. The third-order valence-electron chi connectivity index (χ3n) is 7.17. The molecule has 3 aliphatic rings. The fourth-order valence-electron chi connectivity index (χ4n) is 5.17. The van der Waals surface area contributed by atoms with E-state index in [-0.39, 0.29) is 11.5 Å². The highest BCUT2D eigenvalue weighted by Gasteiger charge is 2.48. The number of rotatable bonds is 1. The molecule has 1 N–H and O–H groups in total. The highest BCUT2D eigenvalue weighted by molar-refractivity contribution is 5.36. The maximum Gasteiger partial charge on any atom is 0.0571 e. The maximum atomic E-state index is 10.3. The minimum Gasteiger partial charge on any atom is -0.393 e. The van der Waals surface area contributed by atoms with Gasteiger partial charge in [0.05, 0.1) is 6.10 Å². The molecular formula is C21H36O. The average Bonchev–Trinajstić information content (AvgIpc) is 2.52. The summed E-state index contributed by atoms with van der Waals surface area (Å²) in [6.45, 7) is 13.1.